The van der Waals surface area contributed by atoms with E-state index in [9.17, 15) is 4.79 Å². The van der Waals surface area contributed by atoms with Gasteiger partial charge in [0.2, 0.25) is 0 Å². The smallest absolute Gasteiger partial charge is 0.282 e. The highest BCUT2D eigenvalue weighted by Gasteiger charge is 2.26. The number of anilines is 1. The number of nitrogens with one attached hydrogen (secondary N) is 2. The standard InChI is InChI=1S/C16H27N3O/c1-13(17-11-16(2,3)12-19(4)5)15(20)18-14-9-7-6-8-10-14/h6-10,13,17H,11-12H2,1-5H3,(H,18,20)/p+2/t13-/m0/s1. The Morgan fingerprint density at radius 3 is 2.45 bits per heavy atom. The third-order valence-electron chi connectivity index (χ3n) is 3.31. The van der Waals surface area contributed by atoms with Crippen molar-refractivity contribution in [3.63, 3.8) is 0 Å². The van der Waals surface area contributed by atoms with E-state index < -0.39 is 0 Å². The Morgan fingerprint density at radius 2 is 1.90 bits per heavy atom. The van der Waals surface area contributed by atoms with Gasteiger partial charge < -0.3 is 15.5 Å². The fourth-order valence-corrected chi connectivity index (χ4v) is 2.41. The lowest BCUT2D eigenvalue weighted by Gasteiger charge is -2.25. The maximum atomic E-state index is 12.1. The average molecular weight is 279 g/mol. The molecule has 0 unspecified atom stereocenters. The number of nitrogens with two attached hydrogens (primary N) is 1. The summed E-state index contributed by atoms with van der Waals surface area (Å²) in [4.78, 5) is 13.5. The third kappa shape index (κ3) is 6.17. The van der Waals surface area contributed by atoms with Crippen LogP contribution in [-0.2, 0) is 4.79 Å². The quantitative estimate of drug-likeness (QED) is 0.633. The van der Waals surface area contributed by atoms with Crippen molar-refractivity contribution in [2.45, 2.75) is 26.8 Å². The van der Waals surface area contributed by atoms with Gasteiger partial charge in [0.1, 0.15) is 0 Å². The summed E-state index contributed by atoms with van der Waals surface area (Å²) >= 11 is 0. The van der Waals surface area contributed by atoms with Crippen molar-refractivity contribution in [1.29, 1.82) is 0 Å². The summed E-state index contributed by atoms with van der Waals surface area (Å²) in [5.74, 6) is 0.0594. The fraction of sp³-hybridized carbons (Fsp3) is 0.562. The molecule has 1 atom stereocenters. The van der Waals surface area contributed by atoms with Crippen molar-refractivity contribution < 1.29 is 15.0 Å². The molecule has 0 aliphatic heterocycles. The van der Waals surface area contributed by atoms with Crippen LogP contribution in [-0.4, -0.2) is 39.1 Å². The largest absolute Gasteiger partial charge is 0.339 e. The van der Waals surface area contributed by atoms with Gasteiger partial charge in [0.05, 0.1) is 32.6 Å². The van der Waals surface area contributed by atoms with Crippen molar-refractivity contribution in [1.82, 2.24) is 0 Å². The third-order valence-corrected chi connectivity index (χ3v) is 3.31. The van der Waals surface area contributed by atoms with Crippen molar-refractivity contribution >= 4 is 11.6 Å². The van der Waals surface area contributed by atoms with Crippen molar-refractivity contribution in [3.05, 3.63) is 30.3 Å². The monoisotopic (exact) mass is 279 g/mol. The van der Waals surface area contributed by atoms with Crippen LogP contribution >= 0.6 is 0 Å². The van der Waals surface area contributed by atoms with Crippen molar-refractivity contribution in [3.8, 4) is 0 Å². The van der Waals surface area contributed by atoms with E-state index >= 15 is 0 Å². The number of carbonyl (C=O) groups excluding carboxylic acids is 1. The zero-order chi connectivity index (χ0) is 15.2. The summed E-state index contributed by atoms with van der Waals surface area (Å²) in [5.41, 5.74) is 1.08. The summed E-state index contributed by atoms with van der Waals surface area (Å²) < 4.78 is 0. The van der Waals surface area contributed by atoms with Gasteiger partial charge in [-0.1, -0.05) is 18.2 Å². The Morgan fingerprint density at radius 1 is 1.30 bits per heavy atom. The van der Waals surface area contributed by atoms with E-state index in [1.807, 2.05) is 37.3 Å². The molecule has 0 radical (unpaired) electrons. The van der Waals surface area contributed by atoms with Gasteiger partial charge in [0.15, 0.2) is 6.04 Å². The van der Waals surface area contributed by atoms with E-state index in [0.29, 0.717) is 0 Å². The van der Waals surface area contributed by atoms with Crippen LogP contribution in [0.2, 0.25) is 0 Å². The van der Waals surface area contributed by atoms with Crippen molar-refractivity contribution in [2.75, 3.05) is 32.5 Å². The maximum absolute atomic E-state index is 12.1. The molecule has 0 aliphatic carbocycles. The van der Waals surface area contributed by atoms with Crippen LogP contribution in [0, 0.1) is 5.41 Å². The number of hydrogen-bond donors (Lipinski definition) is 3. The van der Waals surface area contributed by atoms with Crippen LogP contribution < -0.4 is 15.5 Å². The first-order valence-electron chi connectivity index (χ1n) is 7.28. The van der Waals surface area contributed by atoms with Gasteiger partial charge in [0, 0.05) is 5.69 Å². The zero-order valence-electron chi connectivity index (χ0n) is 13.4. The Kier molecular flexibility index (Phi) is 6.17. The molecular weight excluding hydrogens is 250 g/mol. The number of rotatable bonds is 7. The predicted molar refractivity (Wildman–Crippen MR) is 82.8 cm³/mol. The number of quaternary nitrogens is 2. The molecule has 20 heavy (non-hydrogen) atoms. The summed E-state index contributed by atoms with van der Waals surface area (Å²) in [6.45, 7) is 8.49. The Balaban J connectivity index is 2.42. The van der Waals surface area contributed by atoms with Crippen LogP contribution in [0.15, 0.2) is 30.3 Å². The second-order valence-corrected chi connectivity index (χ2v) is 6.63. The van der Waals surface area contributed by atoms with Gasteiger partial charge in [-0.2, -0.15) is 0 Å². The topological polar surface area (TPSA) is 50.2 Å². The molecular formula is C16H29N3O+2. The number of benzene rings is 1. The highest BCUT2D eigenvalue weighted by atomic mass is 16.2. The number of para-hydroxylation sites is 1. The second kappa shape index (κ2) is 7.41. The Labute approximate surface area is 122 Å². The Hall–Kier alpha value is -1.39. The average Bonchev–Trinajstić information content (AvgIpc) is 2.35. The van der Waals surface area contributed by atoms with Crippen LogP contribution in [0.4, 0.5) is 5.69 Å². The minimum absolute atomic E-state index is 0.0594. The second-order valence-electron chi connectivity index (χ2n) is 6.63. The summed E-state index contributed by atoms with van der Waals surface area (Å²) in [6.07, 6.45) is 0. The molecule has 4 nitrogen and oxygen atoms in total. The Bertz CT molecular complexity index is 415. The van der Waals surface area contributed by atoms with Gasteiger partial charge in [-0.3, -0.25) is 4.79 Å². The summed E-state index contributed by atoms with van der Waals surface area (Å²) in [5, 5.41) is 5.07. The van der Waals surface area contributed by atoms with E-state index in [1.165, 1.54) is 4.90 Å². The summed E-state index contributed by atoms with van der Waals surface area (Å²) in [7, 11) is 4.32. The first kappa shape index (κ1) is 16.7. The number of amides is 1. The molecule has 1 amide bonds. The number of hydrogen-bond acceptors (Lipinski definition) is 1. The molecule has 4 N–H and O–H groups in total. The number of carbonyl (C=O) groups is 1. The highest BCUT2D eigenvalue weighted by Crippen LogP contribution is 2.08. The van der Waals surface area contributed by atoms with E-state index in [-0.39, 0.29) is 17.4 Å². The van der Waals surface area contributed by atoms with Gasteiger partial charge in [-0.25, -0.2) is 0 Å². The minimum Gasteiger partial charge on any atom is -0.339 e. The van der Waals surface area contributed by atoms with Gasteiger partial charge in [-0.05, 0) is 32.9 Å². The van der Waals surface area contributed by atoms with E-state index in [0.717, 1.165) is 18.8 Å². The molecule has 1 aromatic rings. The van der Waals surface area contributed by atoms with Gasteiger partial charge in [0.25, 0.3) is 5.91 Å². The van der Waals surface area contributed by atoms with Gasteiger partial charge in [-0.15, -0.1) is 0 Å². The zero-order valence-corrected chi connectivity index (χ0v) is 13.4. The molecule has 0 heterocycles. The van der Waals surface area contributed by atoms with Gasteiger partial charge >= 0.3 is 0 Å². The van der Waals surface area contributed by atoms with Crippen LogP contribution in [0.3, 0.4) is 0 Å². The van der Waals surface area contributed by atoms with Crippen molar-refractivity contribution in [2.24, 2.45) is 5.41 Å². The predicted octanol–water partition coefficient (Wildman–Crippen LogP) is -0.252. The molecule has 1 rings (SSSR count). The lowest BCUT2D eigenvalue weighted by atomic mass is 9.92. The van der Waals surface area contributed by atoms with E-state index in [2.05, 4.69) is 38.6 Å². The first-order chi connectivity index (χ1) is 9.30. The normalized spacial score (nSPS) is 13.3. The lowest BCUT2D eigenvalue weighted by Crippen LogP contribution is -3.08. The molecule has 0 spiro atoms. The molecule has 4 heteroatoms. The van der Waals surface area contributed by atoms with E-state index in [4.69, 9.17) is 0 Å². The highest BCUT2D eigenvalue weighted by molar-refractivity contribution is 5.93. The molecule has 0 saturated carbocycles. The molecule has 1 aromatic carbocycles. The maximum Gasteiger partial charge on any atom is 0.282 e. The minimum atomic E-state index is -0.0772. The van der Waals surface area contributed by atoms with Crippen LogP contribution in [0.5, 0.6) is 0 Å². The van der Waals surface area contributed by atoms with Crippen LogP contribution in [0.1, 0.15) is 20.8 Å². The fourth-order valence-electron chi connectivity index (χ4n) is 2.41. The van der Waals surface area contributed by atoms with Crippen LogP contribution in [0.25, 0.3) is 0 Å². The molecule has 112 valence electrons. The van der Waals surface area contributed by atoms with E-state index in [1.54, 1.807) is 0 Å². The molecule has 0 fully saturated rings. The lowest BCUT2D eigenvalue weighted by molar-refractivity contribution is -0.868. The molecule has 0 bridgehead atoms. The SMILES string of the molecule is C[C@H]([NH2+]CC(C)(C)C[NH+](C)C)C(=O)Nc1ccccc1. The summed E-state index contributed by atoms with van der Waals surface area (Å²) in [6, 6.07) is 9.53. The first-order valence-corrected chi connectivity index (χ1v) is 7.28. The molecule has 0 saturated heterocycles. The molecule has 0 aliphatic rings. The molecule has 0 aromatic heterocycles.